The second kappa shape index (κ2) is 6.52. The van der Waals surface area contributed by atoms with Gasteiger partial charge in [0.05, 0.1) is 17.9 Å². The number of carboxylic acid groups (broad SMARTS) is 1. The Balaban J connectivity index is 2.04. The van der Waals surface area contributed by atoms with Crippen LogP contribution in [0.3, 0.4) is 0 Å². The van der Waals surface area contributed by atoms with Crippen LogP contribution in [0.15, 0.2) is 36.4 Å². The molecule has 21 heavy (non-hydrogen) atoms. The highest BCUT2D eigenvalue weighted by molar-refractivity contribution is 5.85. The maximum Gasteiger partial charge on any atom is 0.307 e. The number of carbonyl (C=O) groups excluding carboxylic acids is 1. The Bertz CT molecular complexity index is 553. The monoisotopic (exact) mass is 291 g/mol. The summed E-state index contributed by atoms with van der Waals surface area (Å²) in [5.41, 5.74) is 0.781. The van der Waals surface area contributed by atoms with E-state index in [1.807, 2.05) is 6.08 Å². The molecule has 2 unspecified atom stereocenters. The van der Waals surface area contributed by atoms with Crippen molar-refractivity contribution >= 4 is 11.9 Å². The summed E-state index contributed by atoms with van der Waals surface area (Å²) < 4.78 is 12.9. The topological polar surface area (TPSA) is 66.4 Å². The highest BCUT2D eigenvalue weighted by Crippen LogP contribution is 2.27. The number of benzene rings is 1. The van der Waals surface area contributed by atoms with Crippen LogP contribution in [0.5, 0.6) is 0 Å². The minimum absolute atomic E-state index is 0.274. The number of hydrogen-bond donors (Lipinski definition) is 2. The van der Waals surface area contributed by atoms with E-state index in [0.29, 0.717) is 12.8 Å². The number of carbonyl (C=O) groups is 2. The van der Waals surface area contributed by atoms with Gasteiger partial charge in [-0.25, -0.2) is 4.39 Å². The second-order valence-corrected chi connectivity index (χ2v) is 5.28. The van der Waals surface area contributed by atoms with Gasteiger partial charge in [0.2, 0.25) is 5.91 Å². The minimum atomic E-state index is -0.950. The van der Waals surface area contributed by atoms with Crippen LogP contribution in [0.25, 0.3) is 0 Å². The molecule has 0 radical (unpaired) electrons. The van der Waals surface area contributed by atoms with Gasteiger partial charge in [-0.15, -0.1) is 0 Å². The summed E-state index contributed by atoms with van der Waals surface area (Å²) >= 11 is 0. The summed E-state index contributed by atoms with van der Waals surface area (Å²) in [6.45, 7) is 1.79. The van der Waals surface area contributed by atoms with Crippen molar-refractivity contribution in [2.45, 2.75) is 25.8 Å². The van der Waals surface area contributed by atoms with Gasteiger partial charge in [0, 0.05) is 0 Å². The second-order valence-electron chi connectivity index (χ2n) is 5.28. The third-order valence-electron chi connectivity index (χ3n) is 3.82. The fraction of sp³-hybridized carbons (Fsp3) is 0.375. The van der Waals surface area contributed by atoms with Crippen LogP contribution in [-0.2, 0) is 9.59 Å². The smallest absolute Gasteiger partial charge is 0.307 e. The van der Waals surface area contributed by atoms with Crippen molar-refractivity contribution < 1.29 is 19.1 Å². The molecule has 3 atom stereocenters. The molecular formula is C16H18FNO3. The zero-order valence-corrected chi connectivity index (χ0v) is 11.8. The lowest BCUT2D eigenvalue weighted by Gasteiger charge is -2.26. The SMILES string of the molecule is C[C@H](NC(=O)C1CC=CCC1C(=O)O)c1ccc(F)cc1. The molecule has 1 aromatic rings. The molecule has 0 bridgehead atoms. The Labute approximate surface area is 122 Å². The Morgan fingerprint density at radius 2 is 1.76 bits per heavy atom. The maximum absolute atomic E-state index is 12.9. The third kappa shape index (κ3) is 3.68. The lowest BCUT2D eigenvalue weighted by molar-refractivity contribution is -0.147. The van der Waals surface area contributed by atoms with Gasteiger partial charge in [0.25, 0.3) is 0 Å². The van der Waals surface area contributed by atoms with Crippen molar-refractivity contribution in [3.63, 3.8) is 0 Å². The number of aliphatic carboxylic acids is 1. The van der Waals surface area contributed by atoms with E-state index in [2.05, 4.69) is 5.32 Å². The van der Waals surface area contributed by atoms with Crippen molar-refractivity contribution in [3.05, 3.63) is 47.8 Å². The standard InChI is InChI=1S/C16H18FNO3/c1-10(11-6-8-12(17)9-7-11)18-15(19)13-4-2-3-5-14(13)16(20)21/h2-3,6-10,13-14H,4-5H2,1H3,(H,18,19)(H,20,21)/t10-,13?,14?/m0/s1. The van der Waals surface area contributed by atoms with Crippen molar-refractivity contribution in [3.8, 4) is 0 Å². The average Bonchev–Trinajstić information content (AvgIpc) is 2.47. The van der Waals surface area contributed by atoms with Crippen LogP contribution in [-0.4, -0.2) is 17.0 Å². The first-order chi connectivity index (χ1) is 9.99. The van der Waals surface area contributed by atoms with E-state index in [1.165, 1.54) is 12.1 Å². The summed E-state index contributed by atoms with van der Waals surface area (Å²) in [7, 11) is 0. The molecule has 0 saturated carbocycles. The van der Waals surface area contributed by atoms with Crippen molar-refractivity contribution in [1.29, 1.82) is 0 Å². The van der Waals surface area contributed by atoms with Crippen molar-refractivity contribution in [1.82, 2.24) is 5.32 Å². The van der Waals surface area contributed by atoms with Crippen LogP contribution in [0.1, 0.15) is 31.4 Å². The molecule has 1 aliphatic rings. The Morgan fingerprint density at radius 1 is 1.19 bits per heavy atom. The zero-order valence-electron chi connectivity index (χ0n) is 11.8. The van der Waals surface area contributed by atoms with Gasteiger partial charge in [-0.3, -0.25) is 9.59 Å². The molecule has 1 aliphatic carbocycles. The molecule has 0 spiro atoms. The first-order valence-electron chi connectivity index (χ1n) is 6.92. The van der Waals surface area contributed by atoms with Gasteiger partial charge in [0.15, 0.2) is 0 Å². The Hall–Kier alpha value is -2.17. The Kier molecular flexibility index (Phi) is 4.73. The van der Waals surface area contributed by atoms with Crippen LogP contribution in [0.2, 0.25) is 0 Å². The molecule has 4 nitrogen and oxygen atoms in total. The molecule has 2 rings (SSSR count). The largest absolute Gasteiger partial charge is 0.481 e. The number of hydrogen-bond acceptors (Lipinski definition) is 2. The predicted molar refractivity (Wildman–Crippen MR) is 75.9 cm³/mol. The van der Waals surface area contributed by atoms with E-state index < -0.39 is 17.8 Å². The van der Waals surface area contributed by atoms with Crippen LogP contribution in [0.4, 0.5) is 4.39 Å². The lowest BCUT2D eigenvalue weighted by atomic mass is 9.82. The van der Waals surface area contributed by atoms with Gasteiger partial charge in [0.1, 0.15) is 5.82 Å². The minimum Gasteiger partial charge on any atom is -0.481 e. The number of rotatable bonds is 4. The average molecular weight is 291 g/mol. The molecule has 0 saturated heterocycles. The normalized spacial score (nSPS) is 22.6. The summed E-state index contributed by atoms with van der Waals surface area (Å²) in [5, 5.41) is 12.0. The molecule has 112 valence electrons. The zero-order chi connectivity index (χ0) is 15.4. The number of nitrogens with one attached hydrogen (secondary N) is 1. The van der Waals surface area contributed by atoms with Crippen LogP contribution in [0, 0.1) is 17.7 Å². The molecule has 0 fully saturated rings. The fourth-order valence-electron chi connectivity index (χ4n) is 2.53. The van der Waals surface area contributed by atoms with Crippen LogP contribution < -0.4 is 5.32 Å². The Morgan fingerprint density at radius 3 is 2.33 bits per heavy atom. The van der Waals surface area contributed by atoms with E-state index in [4.69, 9.17) is 0 Å². The van der Waals surface area contributed by atoms with Gasteiger partial charge < -0.3 is 10.4 Å². The number of carboxylic acids is 1. The van der Waals surface area contributed by atoms with Crippen molar-refractivity contribution in [2.75, 3.05) is 0 Å². The summed E-state index contributed by atoms with van der Waals surface area (Å²) in [6.07, 6.45) is 4.44. The molecule has 0 aliphatic heterocycles. The first-order valence-corrected chi connectivity index (χ1v) is 6.92. The molecule has 2 N–H and O–H groups in total. The number of allylic oxidation sites excluding steroid dienone is 2. The quantitative estimate of drug-likeness (QED) is 0.838. The van der Waals surface area contributed by atoms with Gasteiger partial charge in [-0.2, -0.15) is 0 Å². The summed E-state index contributed by atoms with van der Waals surface area (Å²) in [5.74, 6) is -2.80. The molecule has 5 heteroatoms. The highest BCUT2D eigenvalue weighted by Gasteiger charge is 2.34. The molecule has 0 aromatic heterocycles. The summed E-state index contributed by atoms with van der Waals surface area (Å²) in [4.78, 5) is 23.5. The highest BCUT2D eigenvalue weighted by atomic mass is 19.1. The molecule has 1 aromatic carbocycles. The summed E-state index contributed by atoms with van der Waals surface area (Å²) in [6, 6.07) is 5.59. The van der Waals surface area contributed by atoms with Gasteiger partial charge in [-0.1, -0.05) is 24.3 Å². The third-order valence-corrected chi connectivity index (χ3v) is 3.82. The lowest BCUT2D eigenvalue weighted by Crippen LogP contribution is -2.39. The number of amides is 1. The fourth-order valence-corrected chi connectivity index (χ4v) is 2.53. The predicted octanol–water partition coefficient (Wildman–Crippen LogP) is 2.67. The van der Waals surface area contributed by atoms with Gasteiger partial charge in [-0.05, 0) is 37.5 Å². The number of halogens is 1. The molecular weight excluding hydrogens is 273 g/mol. The van der Waals surface area contributed by atoms with E-state index in [0.717, 1.165) is 5.56 Å². The van der Waals surface area contributed by atoms with E-state index in [1.54, 1.807) is 25.1 Å². The molecule has 0 heterocycles. The van der Waals surface area contributed by atoms with Gasteiger partial charge >= 0.3 is 5.97 Å². The van der Waals surface area contributed by atoms with Crippen molar-refractivity contribution in [2.24, 2.45) is 11.8 Å². The van der Waals surface area contributed by atoms with Crippen LogP contribution >= 0.6 is 0 Å². The maximum atomic E-state index is 12.9. The van der Waals surface area contributed by atoms with E-state index in [9.17, 15) is 19.1 Å². The first kappa shape index (κ1) is 15.2. The van der Waals surface area contributed by atoms with E-state index in [-0.39, 0.29) is 17.8 Å². The van der Waals surface area contributed by atoms with E-state index >= 15 is 0 Å². The molecule has 1 amide bonds.